The Labute approximate surface area is 124 Å². The normalized spacial score (nSPS) is 16.0. The van der Waals surface area contributed by atoms with Crippen molar-refractivity contribution in [3.05, 3.63) is 0 Å². The SMILES string of the molecule is CCCCCCCCCC(CC)C(S)(CC)C(=O)O. The molecule has 0 radical (unpaired) electrons. The second kappa shape index (κ2) is 10.6. The van der Waals surface area contributed by atoms with Gasteiger partial charge in [-0.05, 0) is 18.8 Å². The first-order chi connectivity index (χ1) is 9.02. The number of hydrogen-bond donors (Lipinski definition) is 2. The number of thiol groups is 1. The van der Waals surface area contributed by atoms with E-state index in [1.54, 1.807) is 0 Å². The smallest absolute Gasteiger partial charge is 0.319 e. The molecule has 0 aliphatic carbocycles. The zero-order valence-corrected chi connectivity index (χ0v) is 13.8. The van der Waals surface area contributed by atoms with Crippen molar-refractivity contribution in [3.8, 4) is 0 Å². The van der Waals surface area contributed by atoms with Crippen LogP contribution < -0.4 is 0 Å². The largest absolute Gasteiger partial charge is 0.480 e. The second-order valence-corrected chi connectivity index (χ2v) is 6.40. The maximum absolute atomic E-state index is 11.4. The molecule has 0 heterocycles. The first kappa shape index (κ1) is 18.8. The highest BCUT2D eigenvalue weighted by atomic mass is 32.1. The molecule has 0 aliphatic rings. The molecule has 0 aromatic rings. The number of carboxylic acid groups (broad SMARTS) is 1. The fourth-order valence-corrected chi connectivity index (χ4v) is 3.05. The van der Waals surface area contributed by atoms with E-state index in [0.717, 1.165) is 19.3 Å². The van der Waals surface area contributed by atoms with Crippen molar-refractivity contribution in [2.24, 2.45) is 5.92 Å². The Bertz CT molecular complexity index is 243. The van der Waals surface area contributed by atoms with Crippen LogP contribution in [0, 0.1) is 5.92 Å². The Morgan fingerprint density at radius 1 is 1.05 bits per heavy atom. The van der Waals surface area contributed by atoms with Gasteiger partial charge in [0.05, 0.1) is 0 Å². The summed E-state index contributed by atoms with van der Waals surface area (Å²) in [5.74, 6) is -0.567. The molecule has 0 spiro atoms. The monoisotopic (exact) mass is 288 g/mol. The van der Waals surface area contributed by atoms with Crippen molar-refractivity contribution in [1.82, 2.24) is 0 Å². The Morgan fingerprint density at radius 2 is 1.58 bits per heavy atom. The Balaban J connectivity index is 3.97. The quantitative estimate of drug-likeness (QED) is 0.377. The lowest BCUT2D eigenvalue weighted by Gasteiger charge is -2.31. The van der Waals surface area contributed by atoms with E-state index < -0.39 is 10.7 Å². The van der Waals surface area contributed by atoms with Gasteiger partial charge in [0.15, 0.2) is 0 Å². The van der Waals surface area contributed by atoms with Gasteiger partial charge < -0.3 is 5.11 Å². The van der Waals surface area contributed by atoms with Crippen LogP contribution in [0.1, 0.15) is 85.0 Å². The van der Waals surface area contributed by atoms with Crippen LogP contribution in [0.4, 0.5) is 0 Å². The minimum atomic E-state index is -0.836. The molecule has 0 aromatic heterocycles. The standard InChI is InChI=1S/C16H32O2S/c1-4-7-8-9-10-11-12-13-14(5-2)16(19,6-3)15(17)18/h14,19H,4-13H2,1-3H3,(H,17,18). The number of unbranched alkanes of at least 4 members (excludes halogenated alkanes) is 6. The minimum Gasteiger partial charge on any atom is -0.480 e. The summed E-state index contributed by atoms with van der Waals surface area (Å²) < 4.78 is -0.836. The molecule has 114 valence electrons. The summed E-state index contributed by atoms with van der Waals surface area (Å²) in [6.07, 6.45) is 11.4. The highest BCUT2D eigenvalue weighted by Crippen LogP contribution is 2.35. The van der Waals surface area contributed by atoms with Crippen molar-refractivity contribution in [1.29, 1.82) is 0 Å². The zero-order chi connectivity index (χ0) is 14.7. The number of carbonyl (C=O) groups is 1. The molecule has 2 unspecified atom stereocenters. The van der Waals surface area contributed by atoms with Gasteiger partial charge in [0.2, 0.25) is 0 Å². The van der Waals surface area contributed by atoms with Crippen LogP contribution in [0.2, 0.25) is 0 Å². The molecule has 3 heteroatoms. The molecule has 0 amide bonds. The van der Waals surface area contributed by atoms with Gasteiger partial charge in [-0.3, -0.25) is 4.79 Å². The molecule has 0 saturated heterocycles. The molecule has 2 nitrogen and oxygen atoms in total. The summed E-state index contributed by atoms with van der Waals surface area (Å²) in [4.78, 5) is 11.4. The predicted molar refractivity (Wildman–Crippen MR) is 86.0 cm³/mol. The molecular formula is C16H32O2S. The number of carboxylic acids is 1. The van der Waals surface area contributed by atoms with Crippen LogP contribution in [-0.4, -0.2) is 15.8 Å². The lowest BCUT2D eigenvalue weighted by Crippen LogP contribution is -2.39. The van der Waals surface area contributed by atoms with Gasteiger partial charge in [-0.15, -0.1) is 0 Å². The fourth-order valence-electron chi connectivity index (χ4n) is 2.74. The van der Waals surface area contributed by atoms with E-state index in [2.05, 4.69) is 26.5 Å². The predicted octanol–water partition coefficient (Wildman–Crippen LogP) is 5.32. The molecule has 0 aromatic carbocycles. The molecule has 0 bridgehead atoms. The molecule has 0 aliphatic heterocycles. The van der Waals surface area contributed by atoms with Gasteiger partial charge in [-0.1, -0.05) is 72.1 Å². The first-order valence-electron chi connectivity index (χ1n) is 7.98. The molecule has 1 N–H and O–H groups in total. The molecule has 0 saturated carbocycles. The van der Waals surface area contributed by atoms with E-state index in [4.69, 9.17) is 0 Å². The van der Waals surface area contributed by atoms with Crippen LogP contribution in [-0.2, 0) is 4.79 Å². The van der Waals surface area contributed by atoms with E-state index in [1.165, 1.54) is 38.5 Å². The van der Waals surface area contributed by atoms with Gasteiger partial charge in [0, 0.05) is 0 Å². The number of hydrogen-bond acceptors (Lipinski definition) is 2. The van der Waals surface area contributed by atoms with Crippen LogP contribution >= 0.6 is 12.6 Å². The lowest BCUT2D eigenvalue weighted by atomic mass is 9.83. The van der Waals surface area contributed by atoms with Gasteiger partial charge in [-0.25, -0.2) is 0 Å². The highest BCUT2D eigenvalue weighted by molar-refractivity contribution is 7.82. The molecular weight excluding hydrogens is 256 g/mol. The Kier molecular flexibility index (Phi) is 10.5. The van der Waals surface area contributed by atoms with Crippen molar-refractivity contribution in [2.45, 2.75) is 89.7 Å². The van der Waals surface area contributed by atoms with Crippen LogP contribution in [0.15, 0.2) is 0 Å². The zero-order valence-electron chi connectivity index (χ0n) is 13.0. The van der Waals surface area contributed by atoms with Gasteiger partial charge in [0.25, 0.3) is 0 Å². The highest BCUT2D eigenvalue weighted by Gasteiger charge is 2.39. The topological polar surface area (TPSA) is 37.3 Å². The van der Waals surface area contributed by atoms with Crippen molar-refractivity contribution >= 4 is 18.6 Å². The summed E-state index contributed by atoms with van der Waals surface area (Å²) in [5, 5.41) is 9.36. The molecule has 2 atom stereocenters. The van der Waals surface area contributed by atoms with Gasteiger partial charge >= 0.3 is 5.97 Å². The third kappa shape index (κ3) is 6.69. The summed E-state index contributed by atoms with van der Waals surface area (Å²) in [6, 6.07) is 0. The van der Waals surface area contributed by atoms with Crippen molar-refractivity contribution in [3.63, 3.8) is 0 Å². The third-order valence-corrected chi connectivity index (χ3v) is 5.11. The third-order valence-electron chi connectivity index (χ3n) is 4.23. The van der Waals surface area contributed by atoms with Crippen LogP contribution in [0.3, 0.4) is 0 Å². The van der Waals surface area contributed by atoms with E-state index in [1.807, 2.05) is 6.92 Å². The minimum absolute atomic E-state index is 0.189. The number of aliphatic carboxylic acids is 1. The summed E-state index contributed by atoms with van der Waals surface area (Å²) in [5.41, 5.74) is 0. The first-order valence-corrected chi connectivity index (χ1v) is 8.43. The van der Waals surface area contributed by atoms with E-state index in [0.29, 0.717) is 6.42 Å². The molecule has 19 heavy (non-hydrogen) atoms. The average Bonchev–Trinajstić information content (AvgIpc) is 2.41. The van der Waals surface area contributed by atoms with E-state index in [-0.39, 0.29) is 5.92 Å². The van der Waals surface area contributed by atoms with Gasteiger partial charge in [0.1, 0.15) is 4.75 Å². The summed E-state index contributed by atoms with van der Waals surface area (Å²) >= 11 is 4.46. The molecule has 0 rings (SSSR count). The maximum Gasteiger partial charge on any atom is 0.319 e. The fraction of sp³-hybridized carbons (Fsp3) is 0.938. The maximum atomic E-state index is 11.4. The van der Waals surface area contributed by atoms with Crippen LogP contribution in [0.25, 0.3) is 0 Å². The molecule has 0 fully saturated rings. The number of rotatable bonds is 12. The van der Waals surface area contributed by atoms with Crippen molar-refractivity contribution in [2.75, 3.05) is 0 Å². The van der Waals surface area contributed by atoms with E-state index in [9.17, 15) is 9.90 Å². The van der Waals surface area contributed by atoms with Gasteiger partial charge in [-0.2, -0.15) is 12.6 Å². The summed E-state index contributed by atoms with van der Waals surface area (Å²) in [7, 11) is 0. The van der Waals surface area contributed by atoms with Crippen molar-refractivity contribution < 1.29 is 9.90 Å². The Morgan fingerprint density at radius 3 is 2.00 bits per heavy atom. The van der Waals surface area contributed by atoms with E-state index >= 15 is 0 Å². The second-order valence-electron chi connectivity index (χ2n) is 5.60. The lowest BCUT2D eigenvalue weighted by molar-refractivity contribution is -0.141. The summed E-state index contributed by atoms with van der Waals surface area (Å²) in [6.45, 7) is 6.23. The average molecular weight is 288 g/mol. The Hall–Kier alpha value is -0.180. The van der Waals surface area contributed by atoms with Crippen LogP contribution in [0.5, 0.6) is 0 Å².